The van der Waals surface area contributed by atoms with Gasteiger partial charge in [0.15, 0.2) is 0 Å². The molecule has 0 aromatic heterocycles. The molecule has 3 aromatic carbocycles. The zero-order valence-corrected chi connectivity index (χ0v) is 13.6. The Morgan fingerprint density at radius 2 is 1.64 bits per heavy atom. The minimum absolute atomic E-state index is 0.109. The van der Waals surface area contributed by atoms with Crippen molar-refractivity contribution in [2.45, 2.75) is 0 Å². The number of carbonyl (C=O) groups is 1. The maximum absolute atomic E-state index is 12.9. The van der Waals surface area contributed by atoms with E-state index < -0.39 is 0 Å². The third-order valence-corrected chi connectivity index (χ3v) is 3.77. The van der Waals surface area contributed by atoms with E-state index in [4.69, 9.17) is 0 Å². The van der Waals surface area contributed by atoms with Crippen LogP contribution in [0.1, 0.15) is 5.56 Å². The fourth-order valence-corrected chi connectivity index (χ4v) is 2.47. The van der Waals surface area contributed by atoms with Crippen LogP contribution in [0.3, 0.4) is 0 Å². The maximum Gasteiger partial charge on any atom is 0.257 e. The predicted octanol–water partition coefficient (Wildman–Crippen LogP) is 3.68. The van der Waals surface area contributed by atoms with Crippen LogP contribution < -0.4 is 16.2 Å². The first-order chi connectivity index (χ1) is 12.1. The molecule has 0 aliphatic carbocycles. The van der Waals surface area contributed by atoms with Crippen LogP contribution in [-0.4, -0.2) is 12.5 Å². The SMILES string of the molecule is C=C(NNC(=O)CNc1cccc2ccccc12)c1ccc(F)cc1. The maximum atomic E-state index is 12.9. The molecular formula is C20H18FN3O. The first-order valence-electron chi connectivity index (χ1n) is 7.85. The Morgan fingerprint density at radius 3 is 2.44 bits per heavy atom. The van der Waals surface area contributed by atoms with Crippen molar-refractivity contribution in [3.63, 3.8) is 0 Å². The fourth-order valence-electron chi connectivity index (χ4n) is 2.47. The lowest BCUT2D eigenvalue weighted by Gasteiger charge is -2.13. The van der Waals surface area contributed by atoms with Crippen molar-refractivity contribution in [2.75, 3.05) is 11.9 Å². The standard InChI is InChI=1S/C20H18FN3O/c1-14(15-9-11-17(21)12-10-15)23-24-20(25)13-22-19-8-4-6-16-5-2-3-7-18(16)19/h2-12,22-23H,1,13H2,(H,24,25). The highest BCUT2D eigenvalue weighted by Crippen LogP contribution is 2.22. The van der Waals surface area contributed by atoms with Gasteiger partial charge < -0.3 is 5.32 Å². The molecular weight excluding hydrogens is 317 g/mol. The van der Waals surface area contributed by atoms with E-state index in [1.54, 1.807) is 12.1 Å². The van der Waals surface area contributed by atoms with E-state index in [-0.39, 0.29) is 18.3 Å². The van der Waals surface area contributed by atoms with Crippen LogP contribution in [0.25, 0.3) is 16.5 Å². The van der Waals surface area contributed by atoms with Gasteiger partial charge in [0.1, 0.15) is 5.82 Å². The van der Waals surface area contributed by atoms with E-state index in [2.05, 4.69) is 22.7 Å². The summed E-state index contributed by atoms with van der Waals surface area (Å²) in [5, 5.41) is 5.29. The lowest BCUT2D eigenvalue weighted by molar-refractivity contribution is -0.120. The molecule has 3 rings (SSSR count). The summed E-state index contributed by atoms with van der Waals surface area (Å²) in [5.74, 6) is -0.559. The topological polar surface area (TPSA) is 53.2 Å². The number of hydrogen-bond donors (Lipinski definition) is 3. The molecule has 0 heterocycles. The van der Waals surface area contributed by atoms with E-state index in [9.17, 15) is 9.18 Å². The number of fused-ring (bicyclic) bond motifs is 1. The van der Waals surface area contributed by atoms with E-state index >= 15 is 0 Å². The molecule has 0 saturated heterocycles. The minimum Gasteiger partial charge on any atom is -0.376 e. The van der Waals surface area contributed by atoms with Crippen molar-refractivity contribution < 1.29 is 9.18 Å². The first-order valence-corrected chi connectivity index (χ1v) is 7.85. The van der Waals surface area contributed by atoms with Gasteiger partial charge >= 0.3 is 0 Å². The number of anilines is 1. The Kier molecular flexibility index (Phi) is 4.95. The first kappa shape index (κ1) is 16.5. The Labute approximate surface area is 145 Å². The summed E-state index contributed by atoms with van der Waals surface area (Å²) in [5.41, 5.74) is 7.38. The molecule has 0 aliphatic rings. The number of hydrazine groups is 1. The predicted molar refractivity (Wildman–Crippen MR) is 99.2 cm³/mol. The van der Waals surface area contributed by atoms with Gasteiger partial charge in [0.25, 0.3) is 5.91 Å². The van der Waals surface area contributed by atoms with Crippen LogP contribution in [0.15, 0.2) is 73.3 Å². The van der Waals surface area contributed by atoms with Gasteiger partial charge in [-0.1, -0.05) is 43.0 Å². The second-order valence-corrected chi connectivity index (χ2v) is 5.54. The van der Waals surface area contributed by atoms with Crippen LogP contribution in [0, 0.1) is 5.82 Å². The molecule has 0 unspecified atom stereocenters. The zero-order chi connectivity index (χ0) is 17.6. The fraction of sp³-hybridized carbons (Fsp3) is 0.0500. The van der Waals surface area contributed by atoms with Crippen LogP contribution in [0.4, 0.5) is 10.1 Å². The third-order valence-electron chi connectivity index (χ3n) is 3.77. The third kappa shape index (κ3) is 4.14. The monoisotopic (exact) mass is 335 g/mol. The molecule has 0 fully saturated rings. The van der Waals surface area contributed by atoms with E-state index in [1.165, 1.54) is 12.1 Å². The number of amides is 1. The molecule has 0 spiro atoms. The van der Waals surface area contributed by atoms with Gasteiger partial charge in [0, 0.05) is 11.1 Å². The summed E-state index contributed by atoms with van der Waals surface area (Å²) in [6, 6.07) is 19.7. The summed E-state index contributed by atoms with van der Waals surface area (Å²) < 4.78 is 12.9. The molecule has 0 saturated carbocycles. The lowest BCUT2D eigenvalue weighted by Crippen LogP contribution is -2.39. The Balaban J connectivity index is 1.54. The van der Waals surface area contributed by atoms with Crippen molar-refractivity contribution in [2.24, 2.45) is 0 Å². The van der Waals surface area contributed by atoms with Crippen molar-refractivity contribution in [1.82, 2.24) is 10.9 Å². The van der Waals surface area contributed by atoms with Gasteiger partial charge in [-0.3, -0.25) is 15.6 Å². The average molecular weight is 335 g/mol. The molecule has 1 amide bonds. The Bertz CT molecular complexity index is 901. The molecule has 3 N–H and O–H groups in total. The Hall–Kier alpha value is -3.34. The smallest absolute Gasteiger partial charge is 0.257 e. The molecule has 3 aromatic rings. The summed E-state index contributed by atoms with van der Waals surface area (Å²) in [7, 11) is 0. The number of halogens is 1. The number of nitrogens with one attached hydrogen (secondary N) is 3. The summed E-state index contributed by atoms with van der Waals surface area (Å²) in [6.45, 7) is 3.93. The van der Waals surface area contributed by atoms with E-state index in [0.29, 0.717) is 11.3 Å². The van der Waals surface area contributed by atoms with Crippen LogP contribution >= 0.6 is 0 Å². The van der Waals surface area contributed by atoms with Gasteiger partial charge in [0.2, 0.25) is 0 Å². The highest BCUT2D eigenvalue weighted by molar-refractivity contribution is 5.95. The van der Waals surface area contributed by atoms with Crippen molar-refractivity contribution in [3.8, 4) is 0 Å². The summed E-state index contributed by atoms with van der Waals surface area (Å²) >= 11 is 0. The van der Waals surface area contributed by atoms with Gasteiger partial charge in [0.05, 0.1) is 12.2 Å². The van der Waals surface area contributed by atoms with E-state index in [1.807, 2.05) is 42.5 Å². The number of rotatable bonds is 6. The molecule has 4 nitrogen and oxygen atoms in total. The average Bonchev–Trinajstić information content (AvgIpc) is 2.65. The van der Waals surface area contributed by atoms with Crippen LogP contribution in [0.5, 0.6) is 0 Å². The largest absolute Gasteiger partial charge is 0.376 e. The summed E-state index contributed by atoms with van der Waals surface area (Å²) in [6.07, 6.45) is 0. The minimum atomic E-state index is -0.320. The lowest BCUT2D eigenvalue weighted by atomic mass is 10.1. The molecule has 0 atom stereocenters. The molecule has 0 aliphatic heterocycles. The van der Waals surface area contributed by atoms with Crippen molar-refractivity contribution in [1.29, 1.82) is 0 Å². The molecule has 0 radical (unpaired) electrons. The molecule has 0 bridgehead atoms. The molecule has 126 valence electrons. The number of carbonyl (C=O) groups excluding carboxylic acids is 1. The van der Waals surface area contributed by atoms with Crippen molar-refractivity contribution in [3.05, 3.63) is 84.7 Å². The highest BCUT2D eigenvalue weighted by atomic mass is 19.1. The zero-order valence-electron chi connectivity index (χ0n) is 13.6. The second-order valence-electron chi connectivity index (χ2n) is 5.54. The number of benzene rings is 3. The van der Waals surface area contributed by atoms with Gasteiger partial charge in [-0.15, -0.1) is 0 Å². The Morgan fingerprint density at radius 1 is 0.920 bits per heavy atom. The van der Waals surface area contributed by atoms with Gasteiger partial charge in [-0.25, -0.2) is 4.39 Å². The normalized spacial score (nSPS) is 10.3. The van der Waals surface area contributed by atoms with Gasteiger partial charge in [-0.2, -0.15) is 0 Å². The summed E-state index contributed by atoms with van der Waals surface area (Å²) in [4.78, 5) is 12.0. The molecule has 5 heteroatoms. The number of hydrogen-bond acceptors (Lipinski definition) is 3. The van der Waals surface area contributed by atoms with Crippen LogP contribution in [-0.2, 0) is 4.79 Å². The highest BCUT2D eigenvalue weighted by Gasteiger charge is 2.05. The van der Waals surface area contributed by atoms with E-state index in [0.717, 1.165) is 16.5 Å². The quantitative estimate of drug-likeness (QED) is 0.602. The van der Waals surface area contributed by atoms with Gasteiger partial charge in [-0.05, 0) is 41.3 Å². The second kappa shape index (κ2) is 7.49. The van der Waals surface area contributed by atoms with Crippen LogP contribution in [0.2, 0.25) is 0 Å². The van der Waals surface area contributed by atoms with Crippen molar-refractivity contribution >= 4 is 28.1 Å². The molecule has 25 heavy (non-hydrogen) atoms.